The van der Waals surface area contributed by atoms with Gasteiger partial charge in [-0.2, -0.15) is 5.10 Å². The average Bonchev–Trinajstić information content (AvgIpc) is 1.66. The Morgan fingerprint density at radius 3 is 2.88 bits per heavy atom. The van der Waals surface area contributed by atoms with E-state index in [-0.39, 0.29) is 0 Å². The Hall–Kier alpha value is -1.12. The summed E-state index contributed by atoms with van der Waals surface area (Å²) < 4.78 is 0. The first-order valence-electron chi connectivity index (χ1n) is 2.15. The number of hydrogen-bond acceptors (Lipinski definition) is 2. The van der Waals surface area contributed by atoms with Crippen molar-refractivity contribution >= 4 is 12.6 Å². The summed E-state index contributed by atoms with van der Waals surface area (Å²) in [5.41, 5.74) is 2.91. The lowest BCUT2D eigenvalue weighted by Gasteiger charge is -1.82. The number of nitrogens with zero attached hydrogens (tertiary/aromatic N) is 1. The Balaban J connectivity index is 3.34. The van der Waals surface area contributed by atoms with E-state index in [2.05, 4.69) is 17.1 Å². The summed E-state index contributed by atoms with van der Waals surface area (Å²) in [5, 5.41) is 3.45. The molecule has 0 fully saturated rings. The van der Waals surface area contributed by atoms with Crippen molar-refractivity contribution in [3.63, 3.8) is 0 Å². The Bertz CT molecular complexity index is 118. The molecule has 0 aromatic carbocycles. The van der Waals surface area contributed by atoms with Gasteiger partial charge in [0.05, 0.1) is 0 Å². The lowest BCUT2D eigenvalue weighted by Crippen LogP contribution is -1.99. The first kappa shape index (κ1) is 6.88. The summed E-state index contributed by atoms with van der Waals surface area (Å²) in [6.45, 7) is 5.31. The van der Waals surface area contributed by atoms with Gasteiger partial charge in [0.15, 0.2) is 0 Å². The molecule has 3 nitrogen and oxygen atoms in total. The van der Waals surface area contributed by atoms with E-state index >= 15 is 0 Å². The van der Waals surface area contributed by atoms with Gasteiger partial charge in [-0.1, -0.05) is 6.58 Å². The van der Waals surface area contributed by atoms with Crippen LogP contribution in [0.4, 0.5) is 0 Å². The predicted molar refractivity (Wildman–Crippen MR) is 32.5 cm³/mol. The summed E-state index contributed by atoms with van der Waals surface area (Å²) in [6.07, 6.45) is 1.97. The van der Waals surface area contributed by atoms with E-state index in [9.17, 15) is 4.79 Å². The van der Waals surface area contributed by atoms with Gasteiger partial charge < -0.3 is 0 Å². The summed E-state index contributed by atoms with van der Waals surface area (Å²) in [4.78, 5) is 9.53. The summed E-state index contributed by atoms with van der Waals surface area (Å²) >= 11 is 0. The van der Waals surface area contributed by atoms with Gasteiger partial charge in [0.1, 0.15) is 0 Å². The lowest BCUT2D eigenvalue weighted by atomic mass is 10.4. The van der Waals surface area contributed by atoms with Crippen LogP contribution in [0.25, 0.3) is 0 Å². The molecule has 3 heteroatoms. The molecule has 0 aliphatic carbocycles. The Morgan fingerprint density at radius 2 is 2.50 bits per heavy atom. The van der Waals surface area contributed by atoms with Crippen molar-refractivity contribution in [2.24, 2.45) is 5.10 Å². The molecule has 1 N–H and O–H groups in total. The molecule has 0 aliphatic rings. The number of allylic oxidation sites excluding steroid dienone is 1. The van der Waals surface area contributed by atoms with Crippen molar-refractivity contribution in [2.45, 2.75) is 6.92 Å². The van der Waals surface area contributed by atoms with Crippen LogP contribution in [-0.2, 0) is 4.79 Å². The number of hydrogen-bond donors (Lipinski definition) is 1. The molecule has 0 aromatic heterocycles. The average molecular weight is 112 g/mol. The predicted octanol–water partition coefficient (Wildman–Crippen LogP) is 0.294. The second kappa shape index (κ2) is 4.05. The molecule has 44 valence electrons. The fourth-order valence-corrected chi connectivity index (χ4v) is 0.178. The molecule has 0 bridgehead atoms. The third-order valence-electron chi connectivity index (χ3n) is 0.412. The number of amides is 1. The largest absolute Gasteiger partial charge is 0.277 e. The molecule has 0 aromatic rings. The Labute approximate surface area is 48.1 Å². The maximum Gasteiger partial charge on any atom is 0.227 e. The maximum absolute atomic E-state index is 9.53. The quantitative estimate of drug-likeness (QED) is 0.318. The topological polar surface area (TPSA) is 41.5 Å². The van der Waals surface area contributed by atoms with Gasteiger partial charge in [-0.3, -0.25) is 4.79 Å². The second-order valence-electron chi connectivity index (χ2n) is 1.35. The standard InChI is InChI=1S/C5H8N2O/c1-5(2)3-6-7-4-8/h3-4H,1H2,2H3,(H,7,8)/b6-3-. The van der Waals surface area contributed by atoms with Crippen LogP contribution in [-0.4, -0.2) is 12.6 Å². The van der Waals surface area contributed by atoms with E-state index in [4.69, 9.17) is 0 Å². The van der Waals surface area contributed by atoms with E-state index in [1.807, 2.05) is 0 Å². The SMILES string of the molecule is C=C(C)/C=N\NC=O. The smallest absolute Gasteiger partial charge is 0.227 e. The molecule has 0 atom stereocenters. The van der Waals surface area contributed by atoms with Crippen molar-refractivity contribution < 1.29 is 4.79 Å². The molecule has 1 amide bonds. The van der Waals surface area contributed by atoms with Crippen LogP contribution in [0, 0.1) is 0 Å². The van der Waals surface area contributed by atoms with E-state index in [0.29, 0.717) is 6.41 Å². The molecule has 0 unspecified atom stereocenters. The molecule has 8 heavy (non-hydrogen) atoms. The number of carbonyl (C=O) groups excluding carboxylic acids is 1. The molecule has 0 saturated carbocycles. The van der Waals surface area contributed by atoms with Crippen LogP contribution < -0.4 is 5.43 Å². The molecule has 0 spiro atoms. The van der Waals surface area contributed by atoms with Crippen LogP contribution >= 0.6 is 0 Å². The highest BCUT2D eigenvalue weighted by molar-refractivity contribution is 5.76. The maximum atomic E-state index is 9.53. The zero-order valence-corrected chi connectivity index (χ0v) is 4.72. The molecule has 0 saturated heterocycles. The van der Waals surface area contributed by atoms with Crippen molar-refractivity contribution in [1.82, 2.24) is 5.43 Å². The van der Waals surface area contributed by atoms with E-state index in [1.54, 1.807) is 6.92 Å². The van der Waals surface area contributed by atoms with Gasteiger partial charge in [0, 0.05) is 6.21 Å². The highest BCUT2D eigenvalue weighted by Crippen LogP contribution is 1.75. The van der Waals surface area contributed by atoms with Crippen molar-refractivity contribution in [3.8, 4) is 0 Å². The van der Waals surface area contributed by atoms with Crippen LogP contribution in [0.15, 0.2) is 17.3 Å². The number of hydrazone groups is 1. The van der Waals surface area contributed by atoms with E-state index in [0.717, 1.165) is 5.57 Å². The van der Waals surface area contributed by atoms with Crippen LogP contribution in [0.2, 0.25) is 0 Å². The summed E-state index contributed by atoms with van der Waals surface area (Å²) in [5.74, 6) is 0. The first-order valence-corrected chi connectivity index (χ1v) is 2.15. The third-order valence-corrected chi connectivity index (χ3v) is 0.412. The Morgan fingerprint density at radius 1 is 1.88 bits per heavy atom. The van der Waals surface area contributed by atoms with Crippen molar-refractivity contribution in [2.75, 3.05) is 0 Å². The fraction of sp³-hybridized carbons (Fsp3) is 0.200. The van der Waals surface area contributed by atoms with Crippen LogP contribution in [0.3, 0.4) is 0 Å². The van der Waals surface area contributed by atoms with E-state index in [1.165, 1.54) is 6.21 Å². The van der Waals surface area contributed by atoms with Gasteiger partial charge >= 0.3 is 0 Å². The van der Waals surface area contributed by atoms with Gasteiger partial charge in [-0.15, -0.1) is 0 Å². The van der Waals surface area contributed by atoms with Crippen LogP contribution in [0.5, 0.6) is 0 Å². The van der Waals surface area contributed by atoms with Crippen LogP contribution in [0.1, 0.15) is 6.92 Å². The first-order chi connectivity index (χ1) is 3.77. The van der Waals surface area contributed by atoms with Gasteiger partial charge in [0.2, 0.25) is 6.41 Å². The van der Waals surface area contributed by atoms with Gasteiger partial charge in [0.25, 0.3) is 0 Å². The number of rotatable bonds is 3. The van der Waals surface area contributed by atoms with Crippen molar-refractivity contribution in [1.29, 1.82) is 0 Å². The zero-order chi connectivity index (χ0) is 6.41. The highest BCUT2D eigenvalue weighted by Gasteiger charge is 1.70. The molecule has 0 rings (SSSR count). The number of nitrogens with one attached hydrogen (secondary N) is 1. The molecular formula is C5H8N2O. The number of carbonyl (C=O) groups is 1. The molecule has 0 radical (unpaired) electrons. The summed E-state index contributed by atoms with van der Waals surface area (Å²) in [7, 11) is 0. The second-order valence-corrected chi connectivity index (χ2v) is 1.35. The van der Waals surface area contributed by atoms with Gasteiger partial charge in [-0.05, 0) is 12.5 Å². The molecule has 0 aliphatic heterocycles. The van der Waals surface area contributed by atoms with Gasteiger partial charge in [-0.25, -0.2) is 5.43 Å². The Kier molecular flexibility index (Phi) is 3.48. The molecular weight excluding hydrogens is 104 g/mol. The third kappa shape index (κ3) is 4.88. The monoisotopic (exact) mass is 112 g/mol. The minimum atomic E-state index is 0.499. The minimum absolute atomic E-state index is 0.499. The van der Waals surface area contributed by atoms with E-state index < -0.39 is 0 Å². The normalized spacial score (nSPS) is 9.12. The summed E-state index contributed by atoms with van der Waals surface area (Å²) in [6, 6.07) is 0. The highest BCUT2D eigenvalue weighted by atomic mass is 16.1. The van der Waals surface area contributed by atoms with Crippen molar-refractivity contribution in [3.05, 3.63) is 12.2 Å². The zero-order valence-electron chi connectivity index (χ0n) is 4.72. The fourth-order valence-electron chi connectivity index (χ4n) is 0.178. The molecule has 0 heterocycles. The minimum Gasteiger partial charge on any atom is -0.277 e. The lowest BCUT2D eigenvalue weighted by molar-refractivity contribution is -0.109.